The summed E-state index contributed by atoms with van der Waals surface area (Å²) in [6, 6.07) is 10.7. The number of esters is 1. The van der Waals surface area contributed by atoms with Crippen LogP contribution in [-0.4, -0.2) is 40.1 Å². The molecule has 9 heteroatoms. The summed E-state index contributed by atoms with van der Waals surface area (Å²) in [5.41, 5.74) is 1.35. The van der Waals surface area contributed by atoms with Crippen molar-refractivity contribution < 1.29 is 27.5 Å². The predicted molar refractivity (Wildman–Crippen MR) is 118 cm³/mol. The number of sulfonamides is 1. The van der Waals surface area contributed by atoms with Crippen LogP contribution in [-0.2, 0) is 19.6 Å². The van der Waals surface area contributed by atoms with Gasteiger partial charge in [-0.05, 0) is 50.1 Å². The lowest BCUT2D eigenvalue weighted by Crippen LogP contribution is -2.36. The first kappa shape index (κ1) is 24.2. The summed E-state index contributed by atoms with van der Waals surface area (Å²) in [6.07, 6.45) is 1.54. The van der Waals surface area contributed by atoms with Gasteiger partial charge in [-0.25, -0.2) is 13.2 Å². The lowest BCUT2D eigenvalue weighted by molar-refractivity contribution is -0.125. The summed E-state index contributed by atoms with van der Waals surface area (Å²) < 4.78 is 38.4. The van der Waals surface area contributed by atoms with E-state index in [0.717, 1.165) is 24.5 Å². The molecule has 0 fully saturated rings. The summed E-state index contributed by atoms with van der Waals surface area (Å²) in [5, 5.41) is 2.77. The van der Waals surface area contributed by atoms with Crippen LogP contribution in [0.2, 0.25) is 0 Å². The molecule has 8 nitrogen and oxygen atoms in total. The van der Waals surface area contributed by atoms with E-state index in [-0.39, 0.29) is 22.3 Å². The van der Waals surface area contributed by atoms with Crippen molar-refractivity contribution in [3.63, 3.8) is 0 Å². The SMILES string of the molecule is CCC(CC)NC(=O)COC(=O)c1ccc(OC)c(S(=O)(=O)Nc2ccc(C)cc2)c1. The molecule has 0 saturated carbocycles. The highest BCUT2D eigenvalue weighted by Crippen LogP contribution is 2.27. The lowest BCUT2D eigenvalue weighted by Gasteiger charge is -2.15. The molecule has 2 aromatic carbocycles. The molecule has 0 radical (unpaired) electrons. The highest BCUT2D eigenvalue weighted by atomic mass is 32.2. The number of ether oxygens (including phenoxy) is 2. The van der Waals surface area contributed by atoms with Crippen LogP contribution in [0.5, 0.6) is 5.75 Å². The molecule has 0 unspecified atom stereocenters. The van der Waals surface area contributed by atoms with Gasteiger partial charge in [0.1, 0.15) is 10.6 Å². The maximum Gasteiger partial charge on any atom is 0.338 e. The second-order valence-corrected chi connectivity index (χ2v) is 8.65. The molecular formula is C22H28N2O6S. The van der Waals surface area contributed by atoms with E-state index in [4.69, 9.17) is 9.47 Å². The van der Waals surface area contributed by atoms with Gasteiger partial charge in [-0.2, -0.15) is 0 Å². The summed E-state index contributed by atoms with van der Waals surface area (Å²) in [4.78, 5) is 24.1. The van der Waals surface area contributed by atoms with Gasteiger partial charge in [-0.1, -0.05) is 31.5 Å². The van der Waals surface area contributed by atoms with Crippen LogP contribution >= 0.6 is 0 Å². The Balaban J connectivity index is 2.18. The van der Waals surface area contributed by atoms with E-state index < -0.39 is 28.5 Å². The van der Waals surface area contributed by atoms with Gasteiger partial charge in [-0.15, -0.1) is 0 Å². The third-order valence-electron chi connectivity index (χ3n) is 4.68. The van der Waals surface area contributed by atoms with E-state index in [1.165, 1.54) is 19.2 Å². The first-order chi connectivity index (χ1) is 14.7. The largest absolute Gasteiger partial charge is 0.495 e. The standard InChI is InChI=1S/C22H28N2O6S/c1-5-17(6-2)23-21(25)14-30-22(26)16-9-12-19(29-4)20(13-16)31(27,28)24-18-10-7-15(3)8-11-18/h7-13,17,24H,5-6,14H2,1-4H3,(H,23,25). The highest BCUT2D eigenvalue weighted by molar-refractivity contribution is 7.92. The number of carbonyl (C=O) groups is 2. The molecule has 2 rings (SSSR count). The summed E-state index contributed by atoms with van der Waals surface area (Å²) in [7, 11) is -2.71. The number of amides is 1. The quantitative estimate of drug-likeness (QED) is 0.540. The zero-order valence-corrected chi connectivity index (χ0v) is 18.9. The molecule has 0 aromatic heterocycles. The highest BCUT2D eigenvalue weighted by Gasteiger charge is 2.23. The lowest BCUT2D eigenvalue weighted by atomic mass is 10.2. The number of hydrogen-bond acceptors (Lipinski definition) is 6. The third-order valence-corrected chi connectivity index (χ3v) is 6.08. The number of carbonyl (C=O) groups excluding carboxylic acids is 2. The van der Waals surface area contributed by atoms with Crippen molar-refractivity contribution in [3.05, 3.63) is 53.6 Å². The molecule has 31 heavy (non-hydrogen) atoms. The topological polar surface area (TPSA) is 111 Å². The van der Waals surface area contributed by atoms with Crippen molar-refractivity contribution in [1.82, 2.24) is 5.32 Å². The first-order valence-electron chi connectivity index (χ1n) is 9.94. The van der Waals surface area contributed by atoms with Crippen molar-refractivity contribution in [2.24, 2.45) is 0 Å². The van der Waals surface area contributed by atoms with Crippen LogP contribution in [0, 0.1) is 6.92 Å². The molecule has 0 spiro atoms. The molecule has 0 aliphatic rings. The van der Waals surface area contributed by atoms with Crippen LogP contribution in [0.15, 0.2) is 47.4 Å². The van der Waals surface area contributed by atoms with Crippen LogP contribution in [0.25, 0.3) is 0 Å². The minimum atomic E-state index is -4.04. The normalized spacial score (nSPS) is 11.1. The van der Waals surface area contributed by atoms with Gasteiger partial charge in [0.05, 0.1) is 12.7 Å². The zero-order chi connectivity index (χ0) is 23.0. The zero-order valence-electron chi connectivity index (χ0n) is 18.1. The molecule has 1 amide bonds. The second kappa shape index (κ2) is 10.8. The molecule has 0 heterocycles. The first-order valence-corrected chi connectivity index (χ1v) is 11.4. The molecule has 0 aliphatic heterocycles. The van der Waals surface area contributed by atoms with E-state index >= 15 is 0 Å². The van der Waals surface area contributed by atoms with E-state index in [1.807, 2.05) is 20.8 Å². The molecule has 0 saturated heterocycles. The number of methoxy groups -OCH3 is 1. The van der Waals surface area contributed by atoms with Gasteiger partial charge in [-0.3, -0.25) is 9.52 Å². The van der Waals surface area contributed by atoms with Crippen LogP contribution in [0.3, 0.4) is 0 Å². The third kappa shape index (κ3) is 6.71. The Morgan fingerprint density at radius 1 is 1.03 bits per heavy atom. The van der Waals surface area contributed by atoms with Crippen molar-refractivity contribution in [2.45, 2.75) is 44.6 Å². The molecule has 168 valence electrons. The molecular weight excluding hydrogens is 420 g/mol. The van der Waals surface area contributed by atoms with Crippen molar-refractivity contribution >= 4 is 27.6 Å². The number of benzene rings is 2. The summed E-state index contributed by atoms with van der Waals surface area (Å²) in [6.45, 7) is 5.33. The fourth-order valence-corrected chi connectivity index (χ4v) is 4.08. The monoisotopic (exact) mass is 448 g/mol. The Bertz CT molecular complexity index is 1010. The maximum atomic E-state index is 12.9. The van der Waals surface area contributed by atoms with E-state index in [9.17, 15) is 18.0 Å². The summed E-state index contributed by atoms with van der Waals surface area (Å²) >= 11 is 0. The Morgan fingerprint density at radius 2 is 1.68 bits per heavy atom. The minimum Gasteiger partial charge on any atom is -0.495 e. The Labute approximate surface area is 183 Å². The number of aryl methyl sites for hydroxylation is 1. The molecule has 0 atom stereocenters. The van der Waals surface area contributed by atoms with Gasteiger partial charge in [0.25, 0.3) is 15.9 Å². The fourth-order valence-electron chi connectivity index (χ4n) is 2.82. The Kier molecular flexibility index (Phi) is 8.44. The summed E-state index contributed by atoms with van der Waals surface area (Å²) in [5.74, 6) is -1.15. The number of nitrogens with one attached hydrogen (secondary N) is 2. The van der Waals surface area contributed by atoms with E-state index in [0.29, 0.717) is 5.69 Å². The fraction of sp³-hybridized carbons (Fsp3) is 0.364. The molecule has 2 N–H and O–H groups in total. The average Bonchev–Trinajstić information content (AvgIpc) is 2.76. The minimum absolute atomic E-state index is 0.0109. The van der Waals surface area contributed by atoms with Gasteiger partial charge in [0.2, 0.25) is 0 Å². The van der Waals surface area contributed by atoms with Crippen molar-refractivity contribution in [2.75, 3.05) is 18.4 Å². The van der Waals surface area contributed by atoms with Gasteiger partial charge in [0, 0.05) is 11.7 Å². The molecule has 0 aliphatic carbocycles. The maximum absolute atomic E-state index is 12.9. The molecule has 2 aromatic rings. The van der Waals surface area contributed by atoms with Gasteiger partial charge in [0.15, 0.2) is 6.61 Å². The van der Waals surface area contributed by atoms with Crippen molar-refractivity contribution in [3.8, 4) is 5.75 Å². The Hall–Kier alpha value is -3.07. The van der Waals surface area contributed by atoms with Crippen LogP contribution in [0.4, 0.5) is 5.69 Å². The number of rotatable bonds is 10. The van der Waals surface area contributed by atoms with Gasteiger partial charge >= 0.3 is 5.97 Å². The Morgan fingerprint density at radius 3 is 2.26 bits per heavy atom. The van der Waals surface area contributed by atoms with Crippen molar-refractivity contribution in [1.29, 1.82) is 0 Å². The van der Waals surface area contributed by atoms with Gasteiger partial charge < -0.3 is 14.8 Å². The van der Waals surface area contributed by atoms with Crippen LogP contribution < -0.4 is 14.8 Å². The van der Waals surface area contributed by atoms with Crippen LogP contribution in [0.1, 0.15) is 42.6 Å². The van der Waals surface area contributed by atoms with E-state index in [1.54, 1.807) is 24.3 Å². The molecule has 0 bridgehead atoms. The number of anilines is 1. The predicted octanol–water partition coefficient (Wildman–Crippen LogP) is 3.27. The average molecular weight is 449 g/mol. The number of hydrogen-bond donors (Lipinski definition) is 2. The second-order valence-electron chi connectivity index (χ2n) is 6.99. The smallest absolute Gasteiger partial charge is 0.338 e. The van der Waals surface area contributed by atoms with E-state index in [2.05, 4.69) is 10.0 Å².